The van der Waals surface area contributed by atoms with E-state index in [1.54, 1.807) is 11.3 Å². The summed E-state index contributed by atoms with van der Waals surface area (Å²) < 4.78 is 1.10. The largest absolute Gasteiger partial charge is 0.355 e. The van der Waals surface area contributed by atoms with Gasteiger partial charge in [0.15, 0.2) is 0 Å². The van der Waals surface area contributed by atoms with Crippen molar-refractivity contribution in [2.24, 2.45) is 11.7 Å². The number of nitrogens with one attached hydrogen (secondary N) is 1. The molecular formula is C13H21BrN2OS. The van der Waals surface area contributed by atoms with Gasteiger partial charge in [-0.1, -0.05) is 20.8 Å². The Balaban J connectivity index is 2.54. The van der Waals surface area contributed by atoms with Gasteiger partial charge in [-0.3, -0.25) is 4.79 Å². The molecule has 0 bridgehead atoms. The number of nitrogens with two attached hydrogens (primary N) is 1. The quantitative estimate of drug-likeness (QED) is 0.841. The summed E-state index contributed by atoms with van der Waals surface area (Å²) in [6.45, 7) is 7.39. The smallest absolute Gasteiger partial charge is 0.222 e. The van der Waals surface area contributed by atoms with Gasteiger partial charge in [-0.05, 0) is 35.0 Å². The first-order valence-electron chi connectivity index (χ1n) is 6.09. The molecule has 1 aromatic rings. The Morgan fingerprint density at radius 3 is 2.78 bits per heavy atom. The van der Waals surface area contributed by atoms with Crippen LogP contribution in [0.3, 0.4) is 0 Å². The molecule has 5 heteroatoms. The van der Waals surface area contributed by atoms with Crippen LogP contribution >= 0.6 is 27.3 Å². The van der Waals surface area contributed by atoms with E-state index in [-0.39, 0.29) is 17.2 Å². The predicted molar refractivity (Wildman–Crippen MR) is 80.9 cm³/mol. The molecule has 1 atom stereocenters. The molecule has 0 radical (unpaired) electrons. The molecule has 0 aliphatic rings. The third-order valence-corrected chi connectivity index (χ3v) is 5.04. The van der Waals surface area contributed by atoms with Crippen molar-refractivity contribution in [2.75, 3.05) is 13.1 Å². The number of halogens is 1. The Bertz CT molecular complexity index is 403. The van der Waals surface area contributed by atoms with Crippen LogP contribution in [-0.2, 0) is 10.2 Å². The van der Waals surface area contributed by atoms with Gasteiger partial charge >= 0.3 is 0 Å². The van der Waals surface area contributed by atoms with Gasteiger partial charge in [-0.15, -0.1) is 11.3 Å². The lowest BCUT2D eigenvalue weighted by molar-refractivity contribution is -0.124. The summed E-state index contributed by atoms with van der Waals surface area (Å²) in [6.07, 6.45) is 0.733. The van der Waals surface area contributed by atoms with Crippen LogP contribution in [0.5, 0.6) is 0 Å². The average molecular weight is 333 g/mol. The van der Waals surface area contributed by atoms with E-state index < -0.39 is 0 Å². The molecule has 1 amide bonds. The molecule has 0 spiro atoms. The highest BCUT2D eigenvalue weighted by atomic mass is 79.9. The zero-order valence-corrected chi connectivity index (χ0v) is 13.5. The van der Waals surface area contributed by atoms with Gasteiger partial charge in [0.1, 0.15) is 0 Å². The molecule has 0 aliphatic heterocycles. The molecule has 0 saturated heterocycles. The molecule has 0 fully saturated rings. The molecule has 0 aromatic carbocycles. The number of amides is 1. The highest BCUT2D eigenvalue weighted by molar-refractivity contribution is 9.10. The summed E-state index contributed by atoms with van der Waals surface area (Å²) in [5, 5.41) is 5.08. The second-order valence-electron chi connectivity index (χ2n) is 5.21. The first kappa shape index (κ1) is 15.7. The fourth-order valence-corrected chi connectivity index (χ4v) is 3.17. The molecule has 102 valence electrons. The summed E-state index contributed by atoms with van der Waals surface area (Å²) in [5.41, 5.74) is 5.41. The zero-order valence-electron chi connectivity index (χ0n) is 11.1. The van der Waals surface area contributed by atoms with Crippen LogP contribution < -0.4 is 11.1 Å². The van der Waals surface area contributed by atoms with E-state index in [0.29, 0.717) is 13.1 Å². The lowest BCUT2D eigenvalue weighted by atomic mass is 9.91. The average Bonchev–Trinajstić information content (AvgIpc) is 2.74. The minimum atomic E-state index is -0.0468. The number of hydrogen-bond donors (Lipinski definition) is 2. The highest BCUT2D eigenvalue weighted by Gasteiger charge is 2.24. The first-order valence-corrected chi connectivity index (χ1v) is 7.76. The van der Waals surface area contributed by atoms with Crippen LogP contribution in [0.25, 0.3) is 0 Å². The van der Waals surface area contributed by atoms with Gasteiger partial charge in [0.2, 0.25) is 5.91 Å². The van der Waals surface area contributed by atoms with Crippen LogP contribution in [0.15, 0.2) is 15.9 Å². The Labute approximate surface area is 121 Å². The molecule has 1 rings (SSSR count). The van der Waals surface area contributed by atoms with Gasteiger partial charge in [0, 0.05) is 32.6 Å². The van der Waals surface area contributed by atoms with Gasteiger partial charge < -0.3 is 11.1 Å². The van der Waals surface area contributed by atoms with Crippen LogP contribution in [-0.4, -0.2) is 19.0 Å². The number of carbonyl (C=O) groups excluding carboxylic acids is 1. The monoisotopic (exact) mass is 332 g/mol. The Kier molecular flexibility index (Phi) is 5.82. The van der Waals surface area contributed by atoms with E-state index in [9.17, 15) is 4.79 Å². The van der Waals surface area contributed by atoms with Crippen molar-refractivity contribution in [3.63, 3.8) is 0 Å². The number of thiophene rings is 1. The molecular weight excluding hydrogens is 312 g/mol. The van der Waals surface area contributed by atoms with E-state index in [1.165, 1.54) is 4.88 Å². The highest BCUT2D eigenvalue weighted by Crippen LogP contribution is 2.31. The molecule has 0 aliphatic carbocycles. The molecule has 1 heterocycles. The van der Waals surface area contributed by atoms with E-state index in [1.807, 2.05) is 6.92 Å². The van der Waals surface area contributed by atoms with Crippen LogP contribution in [0.2, 0.25) is 0 Å². The predicted octanol–water partition coefficient (Wildman–Crippen LogP) is 2.89. The Morgan fingerprint density at radius 1 is 1.61 bits per heavy atom. The topological polar surface area (TPSA) is 55.1 Å². The molecule has 0 saturated carbocycles. The maximum atomic E-state index is 11.8. The number of carbonyl (C=O) groups is 1. The number of hydrogen-bond acceptors (Lipinski definition) is 3. The maximum Gasteiger partial charge on any atom is 0.222 e. The molecule has 3 N–H and O–H groups in total. The fourth-order valence-electron chi connectivity index (χ4n) is 1.62. The second-order valence-corrected chi connectivity index (χ2v) is 7.04. The fraction of sp³-hybridized carbons (Fsp3) is 0.615. The van der Waals surface area contributed by atoms with Gasteiger partial charge in [-0.2, -0.15) is 0 Å². The van der Waals surface area contributed by atoms with E-state index in [2.05, 4.69) is 46.5 Å². The molecule has 18 heavy (non-hydrogen) atoms. The van der Waals surface area contributed by atoms with Crippen LogP contribution in [0, 0.1) is 5.92 Å². The van der Waals surface area contributed by atoms with Crippen molar-refractivity contribution in [2.45, 2.75) is 32.6 Å². The summed E-state index contributed by atoms with van der Waals surface area (Å²) in [7, 11) is 0. The molecule has 1 unspecified atom stereocenters. The Hall–Kier alpha value is -0.390. The van der Waals surface area contributed by atoms with Crippen molar-refractivity contribution in [1.29, 1.82) is 0 Å². The van der Waals surface area contributed by atoms with Crippen LogP contribution in [0.1, 0.15) is 32.1 Å². The van der Waals surface area contributed by atoms with Gasteiger partial charge in [0.25, 0.3) is 0 Å². The van der Waals surface area contributed by atoms with Crippen molar-refractivity contribution in [1.82, 2.24) is 5.32 Å². The third-order valence-electron chi connectivity index (χ3n) is 2.99. The lowest BCUT2D eigenvalue weighted by Crippen LogP contribution is -2.39. The lowest BCUT2D eigenvalue weighted by Gasteiger charge is -2.24. The minimum Gasteiger partial charge on any atom is -0.355 e. The van der Waals surface area contributed by atoms with E-state index >= 15 is 0 Å². The third kappa shape index (κ3) is 4.37. The SMILES string of the molecule is CC(CCN)C(=O)NCC(C)(C)c1cc(Br)cs1. The standard InChI is InChI=1S/C13H21BrN2OS/c1-9(4-5-15)12(17)16-8-13(2,3)11-6-10(14)7-18-11/h6-7,9H,4-5,8,15H2,1-3H3,(H,16,17). The minimum absolute atomic E-state index is 0.0131. The van der Waals surface area contributed by atoms with Gasteiger partial charge in [-0.25, -0.2) is 0 Å². The maximum absolute atomic E-state index is 11.8. The summed E-state index contributed by atoms with van der Waals surface area (Å²) in [5.74, 6) is 0.0741. The normalized spacial score (nSPS) is 13.4. The first-order chi connectivity index (χ1) is 8.36. The Morgan fingerprint density at radius 2 is 2.28 bits per heavy atom. The van der Waals surface area contributed by atoms with Crippen LogP contribution in [0.4, 0.5) is 0 Å². The van der Waals surface area contributed by atoms with E-state index in [0.717, 1.165) is 10.9 Å². The second kappa shape index (κ2) is 6.68. The van der Waals surface area contributed by atoms with Gasteiger partial charge in [0.05, 0.1) is 0 Å². The van der Waals surface area contributed by atoms with Crippen molar-refractivity contribution >= 4 is 33.2 Å². The summed E-state index contributed by atoms with van der Waals surface area (Å²) in [4.78, 5) is 13.1. The van der Waals surface area contributed by atoms with Crippen molar-refractivity contribution in [3.05, 3.63) is 20.8 Å². The summed E-state index contributed by atoms with van der Waals surface area (Å²) >= 11 is 5.17. The van der Waals surface area contributed by atoms with E-state index in [4.69, 9.17) is 5.73 Å². The molecule has 1 aromatic heterocycles. The summed E-state index contributed by atoms with van der Waals surface area (Å²) in [6, 6.07) is 2.11. The van der Waals surface area contributed by atoms with Crippen molar-refractivity contribution < 1.29 is 4.79 Å². The zero-order chi connectivity index (χ0) is 13.8. The van der Waals surface area contributed by atoms with Crippen molar-refractivity contribution in [3.8, 4) is 0 Å². The number of rotatable bonds is 6. The molecule has 3 nitrogen and oxygen atoms in total.